The lowest BCUT2D eigenvalue weighted by atomic mass is 9.91. The van der Waals surface area contributed by atoms with Crippen LogP contribution in [0.15, 0.2) is 28.7 Å². The van der Waals surface area contributed by atoms with E-state index in [0.717, 1.165) is 23.0 Å². The van der Waals surface area contributed by atoms with Gasteiger partial charge in [-0.15, -0.1) is 0 Å². The van der Waals surface area contributed by atoms with Gasteiger partial charge in [-0.1, -0.05) is 15.9 Å². The van der Waals surface area contributed by atoms with Gasteiger partial charge in [-0.25, -0.2) is 4.79 Å². The molecule has 1 heterocycles. The van der Waals surface area contributed by atoms with Crippen LogP contribution in [0.1, 0.15) is 12.8 Å². The van der Waals surface area contributed by atoms with E-state index in [0.29, 0.717) is 13.2 Å². The number of nitrogens with one attached hydrogen (secondary N) is 1. The molecule has 18 heavy (non-hydrogen) atoms. The number of carboxylic acid groups (broad SMARTS) is 1. The van der Waals surface area contributed by atoms with Gasteiger partial charge in [0.15, 0.2) is 0 Å². The predicted octanol–water partition coefficient (Wildman–Crippen LogP) is 2.74. The zero-order valence-electron chi connectivity index (χ0n) is 9.93. The van der Waals surface area contributed by atoms with Gasteiger partial charge in [0.05, 0.1) is 0 Å². The summed E-state index contributed by atoms with van der Waals surface area (Å²) < 4.78 is 6.25. The summed E-state index contributed by atoms with van der Waals surface area (Å²) in [6.07, 6.45) is 1.58. The monoisotopic (exact) mass is 313 g/mol. The number of carbonyl (C=O) groups is 1. The maximum atomic E-state index is 11.4. The first-order valence-corrected chi connectivity index (χ1v) is 6.79. The standard InChI is InChI=1S/C13H16BrNO3/c14-10-1-3-11(4-2-10)15-12(13(16)17)9-5-7-18-8-6-9/h1-4,9,12,15H,5-8H2,(H,16,17). The van der Waals surface area contributed by atoms with E-state index in [9.17, 15) is 9.90 Å². The first kappa shape index (κ1) is 13.4. The molecule has 0 radical (unpaired) electrons. The molecule has 98 valence electrons. The van der Waals surface area contributed by atoms with Crippen LogP contribution in [0.2, 0.25) is 0 Å². The van der Waals surface area contributed by atoms with Gasteiger partial charge in [-0.3, -0.25) is 0 Å². The van der Waals surface area contributed by atoms with E-state index in [1.807, 2.05) is 24.3 Å². The normalized spacial score (nSPS) is 18.3. The van der Waals surface area contributed by atoms with Crippen molar-refractivity contribution in [2.45, 2.75) is 18.9 Å². The summed E-state index contributed by atoms with van der Waals surface area (Å²) in [4.78, 5) is 11.4. The minimum Gasteiger partial charge on any atom is -0.480 e. The van der Waals surface area contributed by atoms with Crippen molar-refractivity contribution in [2.24, 2.45) is 5.92 Å². The maximum absolute atomic E-state index is 11.4. The van der Waals surface area contributed by atoms with Gasteiger partial charge in [0, 0.05) is 23.4 Å². The second-order valence-electron chi connectivity index (χ2n) is 4.42. The number of ether oxygens (including phenoxy) is 1. The first-order valence-electron chi connectivity index (χ1n) is 5.99. The van der Waals surface area contributed by atoms with Crippen molar-refractivity contribution in [1.82, 2.24) is 0 Å². The minimum absolute atomic E-state index is 0.125. The molecule has 1 saturated heterocycles. The number of anilines is 1. The van der Waals surface area contributed by atoms with Crippen LogP contribution in [-0.4, -0.2) is 30.3 Å². The van der Waals surface area contributed by atoms with Crippen molar-refractivity contribution in [1.29, 1.82) is 0 Å². The molecule has 5 heteroatoms. The number of benzene rings is 1. The third-order valence-electron chi connectivity index (χ3n) is 3.17. The summed E-state index contributed by atoms with van der Waals surface area (Å²) in [6.45, 7) is 1.30. The Morgan fingerprint density at radius 1 is 1.33 bits per heavy atom. The van der Waals surface area contributed by atoms with Crippen LogP contribution in [0.4, 0.5) is 5.69 Å². The van der Waals surface area contributed by atoms with E-state index < -0.39 is 12.0 Å². The Morgan fingerprint density at radius 2 is 1.94 bits per heavy atom. The number of aliphatic carboxylic acids is 1. The summed E-state index contributed by atoms with van der Waals surface area (Å²) >= 11 is 3.36. The largest absolute Gasteiger partial charge is 0.480 e. The Labute approximate surface area is 114 Å². The number of halogens is 1. The lowest BCUT2D eigenvalue weighted by Gasteiger charge is -2.28. The summed E-state index contributed by atoms with van der Waals surface area (Å²) in [6, 6.07) is 6.99. The smallest absolute Gasteiger partial charge is 0.326 e. The van der Waals surface area contributed by atoms with E-state index in [4.69, 9.17) is 4.74 Å². The van der Waals surface area contributed by atoms with E-state index in [1.54, 1.807) is 0 Å². The molecule has 0 aliphatic carbocycles. The Kier molecular flexibility index (Phi) is 4.60. The van der Waals surface area contributed by atoms with Gasteiger partial charge in [0.25, 0.3) is 0 Å². The molecular weight excluding hydrogens is 298 g/mol. The molecule has 2 N–H and O–H groups in total. The van der Waals surface area contributed by atoms with Crippen molar-refractivity contribution in [3.8, 4) is 0 Å². The third-order valence-corrected chi connectivity index (χ3v) is 3.70. The van der Waals surface area contributed by atoms with Crippen molar-refractivity contribution >= 4 is 27.6 Å². The van der Waals surface area contributed by atoms with Crippen molar-refractivity contribution in [3.63, 3.8) is 0 Å². The minimum atomic E-state index is -0.801. The molecular formula is C13H16BrNO3. The number of hydrogen-bond donors (Lipinski definition) is 2. The van der Waals surface area contributed by atoms with Crippen LogP contribution in [0.25, 0.3) is 0 Å². The van der Waals surface area contributed by atoms with E-state index in [2.05, 4.69) is 21.2 Å². The maximum Gasteiger partial charge on any atom is 0.326 e. The highest BCUT2D eigenvalue weighted by atomic mass is 79.9. The molecule has 1 aliphatic heterocycles. The SMILES string of the molecule is O=C(O)C(Nc1ccc(Br)cc1)C1CCOCC1. The van der Waals surface area contributed by atoms with Crippen molar-refractivity contribution in [2.75, 3.05) is 18.5 Å². The van der Waals surface area contributed by atoms with E-state index >= 15 is 0 Å². The molecule has 1 unspecified atom stereocenters. The fraction of sp³-hybridized carbons (Fsp3) is 0.462. The summed E-state index contributed by atoms with van der Waals surface area (Å²) in [5.74, 6) is -0.676. The van der Waals surface area contributed by atoms with Crippen LogP contribution in [-0.2, 0) is 9.53 Å². The van der Waals surface area contributed by atoms with Gasteiger partial charge in [0.1, 0.15) is 6.04 Å². The van der Waals surface area contributed by atoms with Gasteiger partial charge < -0.3 is 15.2 Å². The quantitative estimate of drug-likeness (QED) is 0.897. The predicted molar refractivity (Wildman–Crippen MR) is 72.7 cm³/mol. The van der Waals surface area contributed by atoms with Crippen LogP contribution in [0.3, 0.4) is 0 Å². The van der Waals surface area contributed by atoms with Crippen LogP contribution in [0, 0.1) is 5.92 Å². The molecule has 0 bridgehead atoms. The highest BCUT2D eigenvalue weighted by molar-refractivity contribution is 9.10. The topological polar surface area (TPSA) is 58.6 Å². The number of rotatable bonds is 4. The van der Waals surface area contributed by atoms with Crippen molar-refractivity contribution in [3.05, 3.63) is 28.7 Å². The zero-order chi connectivity index (χ0) is 13.0. The molecule has 0 aromatic heterocycles. The average molecular weight is 314 g/mol. The van der Waals surface area contributed by atoms with Crippen LogP contribution in [0.5, 0.6) is 0 Å². The van der Waals surface area contributed by atoms with Gasteiger partial charge >= 0.3 is 5.97 Å². The molecule has 4 nitrogen and oxygen atoms in total. The molecule has 1 aliphatic rings. The lowest BCUT2D eigenvalue weighted by molar-refractivity contribution is -0.140. The highest BCUT2D eigenvalue weighted by Crippen LogP contribution is 2.23. The molecule has 1 aromatic carbocycles. The fourth-order valence-corrected chi connectivity index (χ4v) is 2.42. The molecule has 1 fully saturated rings. The van der Waals surface area contributed by atoms with Crippen LogP contribution >= 0.6 is 15.9 Å². The zero-order valence-corrected chi connectivity index (χ0v) is 11.5. The van der Waals surface area contributed by atoms with Crippen molar-refractivity contribution < 1.29 is 14.6 Å². The Morgan fingerprint density at radius 3 is 2.50 bits per heavy atom. The molecule has 1 atom stereocenters. The highest BCUT2D eigenvalue weighted by Gasteiger charge is 2.29. The fourth-order valence-electron chi connectivity index (χ4n) is 2.16. The second kappa shape index (κ2) is 6.20. The second-order valence-corrected chi connectivity index (χ2v) is 5.33. The van der Waals surface area contributed by atoms with Gasteiger partial charge in [-0.2, -0.15) is 0 Å². The Hall–Kier alpha value is -1.07. The molecule has 0 spiro atoms. The summed E-state index contributed by atoms with van der Waals surface area (Å²) in [5.41, 5.74) is 0.831. The molecule has 1 aromatic rings. The number of carboxylic acids is 1. The summed E-state index contributed by atoms with van der Waals surface area (Å²) in [7, 11) is 0. The first-order chi connectivity index (χ1) is 8.66. The van der Waals surface area contributed by atoms with Gasteiger partial charge in [-0.05, 0) is 43.0 Å². The molecule has 2 rings (SSSR count). The van der Waals surface area contributed by atoms with E-state index in [1.165, 1.54) is 0 Å². The average Bonchev–Trinajstić information content (AvgIpc) is 2.38. The Balaban J connectivity index is 2.05. The number of hydrogen-bond acceptors (Lipinski definition) is 3. The van der Waals surface area contributed by atoms with Gasteiger partial charge in [0.2, 0.25) is 0 Å². The Bertz CT molecular complexity index is 401. The van der Waals surface area contributed by atoms with E-state index in [-0.39, 0.29) is 5.92 Å². The third kappa shape index (κ3) is 3.46. The molecule has 0 amide bonds. The lowest BCUT2D eigenvalue weighted by Crippen LogP contribution is -2.39. The summed E-state index contributed by atoms with van der Waals surface area (Å²) in [5, 5.41) is 12.4. The molecule has 0 saturated carbocycles. The van der Waals surface area contributed by atoms with Crippen LogP contribution < -0.4 is 5.32 Å².